The average molecular weight is 262 g/mol. The van der Waals surface area contributed by atoms with Crippen molar-refractivity contribution in [3.63, 3.8) is 0 Å². The smallest absolute Gasteiger partial charge is 0.0595 e. The first-order chi connectivity index (χ1) is 9.15. The molecule has 106 valence electrons. The van der Waals surface area contributed by atoms with Gasteiger partial charge in [0, 0.05) is 32.8 Å². The van der Waals surface area contributed by atoms with Gasteiger partial charge in [0.15, 0.2) is 0 Å². The number of hydrogen-bond acceptors (Lipinski definition) is 3. The molecule has 1 saturated heterocycles. The number of ether oxygens (including phenoxy) is 1. The first kappa shape index (κ1) is 14.5. The van der Waals surface area contributed by atoms with E-state index in [4.69, 9.17) is 10.5 Å². The molecular weight excluding hydrogens is 236 g/mol. The highest BCUT2D eigenvalue weighted by molar-refractivity contribution is 5.33. The molecule has 1 aliphatic rings. The molecule has 0 bridgehead atoms. The molecule has 2 N–H and O–H groups in total. The van der Waals surface area contributed by atoms with Gasteiger partial charge in [-0.1, -0.05) is 23.8 Å². The lowest BCUT2D eigenvalue weighted by Gasteiger charge is -2.37. The van der Waals surface area contributed by atoms with Crippen LogP contribution in [-0.4, -0.2) is 37.7 Å². The third-order valence-electron chi connectivity index (χ3n) is 4.26. The zero-order chi connectivity index (χ0) is 13.8. The van der Waals surface area contributed by atoms with E-state index in [-0.39, 0.29) is 0 Å². The van der Waals surface area contributed by atoms with Crippen LogP contribution >= 0.6 is 0 Å². The summed E-state index contributed by atoms with van der Waals surface area (Å²) >= 11 is 0. The summed E-state index contributed by atoms with van der Waals surface area (Å²) < 4.78 is 5.44. The fourth-order valence-corrected chi connectivity index (χ4v) is 3.10. The van der Waals surface area contributed by atoms with Crippen molar-refractivity contribution in [3.05, 3.63) is 34.9 Å². The standard InChI is InChI=1S/C16H26N2O/c1-12-4-5-15(13(2)10-12)16(11-17)18-8-6-14(19-3)7-9-18/h4-5,10,14,16H,6-9,11,17H2,1-3H3. The Morgan fingerprint density at radius 2 is 2.00 bits per heavy atom. The SMILES string of the molecule is COC1CCN(C(CN)c2ccc(C)cc2C)CC1. The average Bonchev–Trinajstić information content (AvgIpc) is 2.42. The number of nitrogens with two attached hydrogens (primary N) is 1. The van der Waals surface area contributed by atoms with Crippen molar-refractivity contribution in [1.29, 1.82) is 0 Å². The number of piperidine rings is 1. The van der Waals surface area contributed by atoms with E-state index in [1.165, 1.54) is 16.7 Å². The first-order valence-corrected chi connectivity index (χ1v) is 7.19. The summed E-state index contributed by atoms with van der Waals surface area (Å²) in [6.07, 6.45) is 2.64. The van der Waals surface area contributed by atoms with E-state index in [1.807, 2.05) is 7.11 Å². The second-order valence-electron chi connectivity index (χ2n) is 5.58. The summed E-state index contributed by atoms with van der Waals surface area (Å²) in [5, 5.41) is 0. The molecule has 3 nitrogen and oxygen atoms in total. The lowest BCUT2D eigenvalue weighted by atomic mass is 9.96. The van der Waals surface area contributed by atoms with Crippen LogP contribution in [0.15, 0.2) is 18.2 Å². The van der Waals surface area contributed by atoms with Crippen LogP contribution in [-0.2, 0) is 4.74 Å². The Hall–Kier alpha value is -0.900. The quantitative estimate of drug-likeness (QED) is 0.905. The van der Waals surface area contributed by atoms with E-state index < -0.39 is 0 Å². The van der Waals surface area contributed by atoms with Crippen LogP contribution in [0.1, 0.15) is 35.6 Å². The van der Waals surface area contributed by atoms with E-state index in [9.17, 15) is 0 Å². The number of rotatable bonds is 4. The molecule has 0 radical (unpaired) electrons. The Morgan fingerprint density at radius 1 is 1.32 bits per heavy atom. The van der Waals surface area contributed by atoms with Gasteiger partial charge in [-0.2, -0.15) is 0 Å². The fourth-order valence-electron chi connectivity index (χ4n) is 3.10. The van der Waals surface area contributed by atoms with Gasteiger partial charge < -0.3 is 10.5 Å². The predicted octanol–water partition coefficient (Wildman–Crippen LogP) is 2.41. The fraction of sp³-hybridized carbons (Fsp3) is 0.625. The molecule has 1 aliphatic heterocycles. The number of hydrogen-bond donors (Lipinski definition) is 1. The summed E-state index contributed by atoms with van der Waals surface area (Å²) in [6, 6.07) is 7.02. The molecule has 19 heavy (non-hydrogen) atoms. The molecule has 1 aromatic rings. The van der Waals surface area contributed by atoms with E-state index >= 15 is 0 Å². The molecule has 1 heterocycles. The van der Waals surface area contributed by atoms with Gasteiger partial charge in [-0.15, -0.1) is 0 Å². The lowest BCUT2D eigenvalue weighted by molar-refractivity contribution is 0.0279. The van der Waals surface area contributed by atoms with Crippen molar-refractivity contribution in [2.24, 2.45) is 5.73 Å². The molecular formula is C16H26N2O. The summed E-state index contributed by atoms with van der Waals surface area (Å²) in [6.45, 7) is 7.16. The van der Waals surface area contributed by atoms with Crippen LogP contribution in [0.25, 0.3) is 0 Å². The number of aryl methyl sites for hydroxylation is 2. The Labute approximate surface area is 116 Å². The van der Waals surface area contributed by atoms with Gasteiger partial charge in [0.2, 0.25) is 0 Å². The van der Waals surface area contributed by atoms with E-state index in [0.29, 0.717) is 18.7 Å². The minimum atomic E-state index is 0.346. The maximum absolute atomic E-state index is 6.04. The molecule has 0 aliphatic carbocycles. The van der Waals surface area contributed by atoms with Gasteiger partial charge in [-0.3, -0.25) is 4.90 Å². The van der Waals surface area contributed by atoms with E-state index in [0.717, 1.165) is 25.9 Å². The second-order valence-corrected chi connectivity index (χ2v) is 5.58. The number of benzene rings is 1. The molecule has 2 rings (SSSR count). The van der Waals surface area contributed by atoms with Crippen LogP contribution in [0.5, 0.6) is 0 Å². The number of methoxy groups -OCH3 is 1. The molecule has 0 spiro atoms. The molecule has 0 aromatic heterocycles. The van der Waals surface area contributed by atoms with Crippen molar-refractivity contribution in [1.82, 2.24) is 4.90 Å². The molecule has 1 fully saturated rings. The molecule has 1 unspecified atom stereocenters. The highest BCUT2D eigenvalue weighted by Crippen LogP contribution is 2.27. The summed E-state index contributed by atoms with van der Waals surface area (Å²) in [5.74, 6) is 0. The molecule has 0 saturated carbocycles. The van der Waals surface area contributed by atoms with Crippen molar-refractivity contribution >= 4 is 0 Å². The largest absolute Gasteiger partial charge is 0.381 e. The van der Waals surface area contributed by atoms with Crippen molar-refractivity contribution in [2.75, 3.05) is 26.7 Å². The van der Waals surface area contributed by atoms with Gasteiger partial charge in [-0.25, -0.2) is 0 Å². The van der Waals surface area contributed by atoms with Crippen LogP contribution in [0.3, 0.4) is 0 Å². The molecule has 3 heteroatoms. The summed E-state index contributed by atoms with van der Waals surface area (Å²) in [7, 11) is 1.81. The zero-order valence-electron chi connectivity index (χ0n) is 12.4. The second kappa shape index (κ2) is 6.51. The van der Waals surface area contributed by atoms with Crippen LogP contribution in [0.2, 0.25) is 0 Å². The van der Waals surface area contributed by atoms with E-state index in [2.05, 4.69) is 36.9 Å². The maximum Gasteiger partial charge on any atom is 0.0595 e. The van der Waals surface area contributed by atoms with Gasteiger partial charge >= 0.3 is 0 Å². The predicted molar refractivity (Wildman–Crippen MR) is 79.3 cm³/mol. The monoisotopic (exact) mass is 262 g/mol. The van der Waals surface area contributed by atoms with Gasteiger partial charge in [0.25, 0.3) is 0 Å². The summed E-state index contributed by atoms with van der Waals surface area (Å²) in [5.41, 5.74) is 10.1. The highest BCUT2D eigenvalue weighted by atomic mass is 16.5. The van der Waals surface area contributed by atoms with Crippen molar-refractivity contribution in [3.8, 4) is 0 Å². The third-order valence-corrected chi connectivity index (χ3v) is 4.26. The topological polar surface area (TPSA) is 38.5 Å². The molecule has 0 amide bonds. The van der Waals surface area contributed by atoms with Gasteiger partial charge in [-0.05, 0) is 37.8 Å². The van der Waals surface area contributed by atoms with E-state index in [1.54, 1.807) is 0 Å². The Balaban J connectivity index is 2.12. The normalized spacial score (nSPS) is 19.6. The Bertz CT molecular complexity index is 411. The molecule has 1 aromatic carbocycles. The Kier molecular flexibility index (Phi) is 4.97. The van der Waals surface area contributed by atoms with Gasteiger partial charge in [0.05, 0.1) is 6.10 Å². The minimum absolute atomic E-state index is 0.346. The van der Waals surface area contributed by atoms with Crippen molar-refractivity contribution < 1.29 is 4.74 Å². The van der Waals surface area contributed by atoms with Crippen LogP contribution in [0.4, 0.5) is 0 Å². The maximum atomic E-state index is 6.04. The molecule has 1 atom stereocenters. The first-order valence-electron chi connectivity index (χ1n) is 7.19. The zero-order valence-corrected chi connectivity index (χ0v) is 12.4. The lowest BCUT2D eigenvalue weighted by Crippen LogP contribution is -2.41. The van der Waals surface area contributed by atoms with Gasteiger partial charge in [0.1, 0.15) is 0 Å². The minimum Gasteiger partial charge on any atom is -0.381 e. The number of nitrogens with zero attached hydrogens (tertiary/aromatic N) is 1. The Morgan fingerprint density at radius 3 is 2.53 bits per heavy atom. The van der Waals surface area contributed by atoms with Crippen LogP contribution in [0, 0.1) is 13.8 Å². The third kappa shape index (κ3) is 3.35. The number of likely N-dealkylation sites (tertiary alicyclic amines) is 1. The van der Waals surface area contributed by atoms with Crippen LogP contribution < -0.4 is 5.73 Å². The van der Waals surface area contributed by atoms with Crippen molar-refractivity contribution in [2.45, 2.75) is 38.8 Å². The summed E-state index contributed by atoms with van der Waals surface area (Å²) in [4.78, 5) is 2.51. The highest BCUT2D eigenvalue weighted by Gasteiger charge is 2.25.